The number of nitrogens with one attached hydrogen (secondary N) is 7. The van der Waals surface area contributed by atoms with E-state index in [0.717, 1.165) is 11.8 Å². The van der Waals surface area contributed by atoms with Crippen molar-refractivity contribution in [1.29, 1.82) is 0 Å². The first-order valence-electron chi connectivity index (χ1n) is 49.1. The lowest BCUT2D eigenvalue weighted by Gasteiger charge is -2.58. The van der Waals surface area contributed by atoms with Gasteiger partial charge in [-0.1, -0.05) is 68.2 Å². The van der Waals surface area contributed by atoms with E-state index in [4.69, 9.17) is 33.2 Å². The third kappa shape index (κ3) is 29.6. The fourth-order valence-corrected chi connectivity index (χ4v) is 24.5. The van der Waals surface area contributed by atoms with Gasteiger partial charge in [0.05, 0.1) is 172 Å². The quantitative estimate of drug-likeness (QED) is 0.0269. The third-order valence-corrected chi connectivity index (χ3v) is 31.7. The molecule has 0 aromatic rings. The Kier molecular flexibility index (Phi) is 51.1. The summed E-state index contributed by atoms with van der Waals surface area (Å²) in [6.07, 6.45) is -40.0. The SMILES string of the molecule is CCC(CC)C(C)C.CNC1C(O)CC(C)(CC(C(CC2C(C)OC(C(O)C(O)CO)C(NC)C2O)C(C)C)C2C(C)OC(C(O)C(O)CO)C(NC)C2O)OC1C(O)C(O)CO.CNC1C(O)CC(C)(CC(C2C(C)OC(C(O)C(O)CO)C(NC)C2O)C(C(C)C)C(CC2(C)CC(O)C(NC)C(C(O)C(O)CO)O2)C2C(C)OC(C(O)C(O)CO)C(NC)C2O)OC1C(O)C(O)CO. The van der Waals surface area contributed by atoms with Crippen LogP contribution in [0.2, 0.25) is 0 Å². The Bertz CT molecular complexity index is 3160. The van der Waals surface area contributed by atoms with Gasteiger partial charge in [0.1, 0.15) is 128 Å². The summed E-state index contributed by atoms with van der Waals surface area (Å²) >= 11 is 0. The van der Waals surface area contributed by atoms with Gasteiger partial charge in [0.2, 0.25) is 0 Å². The summed E-state index contributed by atoms with van der Waals surface area (Å²) in [7, 11) is 10.9. The Balaban J connectivity index is 0.000000454. The van der Waals surface area contributed by atoms with E-state index < -0.39 is 354 Å². The van der Waals surface area contributed by atoms with Gasteiger partial charge >= 0.3 is 0 Å². The van der Waals surface area contributed by atoms with E-state index in [1.807, 2.05) is 27.7 Å². The molecule has 135 heavy (non-hydrogen) atoms. The fraction of sp³-hybridized carbons (Fsp3) is 1.00. The lowest BCUT2D eigenvalue weighted by atomic mass is 9.56. The second-order valence-corrected chi connectivity index (χ2v) is 41.8. The smallest absolute Gasteiger partial charge is 0.110 e. The van der Waals surface area contributed by atoms with Gasteiger partial charge in [0.25, 0.3) is 0 Å². The Morgan fingerprint density at radius 1 is 0.296 bits per heavy atom. The summed E-state index contributed by atoms with van der Waals surface area (Å²) in [4.78, 5) is 0. The Labute approximate surface area is 798 Å². The molecule has 0 bridgehead atoms. The van der Waals surface area contributed by atoms with Crippen molar-refractivity contribution < 1.29 is 176 Å². The van der Waals surface area contributed by atoms with Crippen LogP contribution in [0.15, 0.2) is 0 Å². The Morgan fingerprint density at radius 2 is 0.519 bits per heavy atom. The molecule has 7 fully saturated rings. The minimum absolute atomic E-state index is 0.0414. The highest BCUT2D eigenvalue weighted by Crippen LogP contribution is 2.56. The van der Waals surface area contributed by atoms with Crippen molar-refractivity contribution in [1.82, 2.24) is 37.2 Å². The molecular formula is C93H185N7O35. The maximum atomic E-state index is 12.9. The first-order valence-corrected chi connectivity index (χ1v) is 49.1. The summed E-state index contributed by atoms with van der Waals surface area (Å²) in [5.74, 6) is -5.15. The molecule has 42 heteroatoms. The maximum absolute atomic E-state index is 12.9. The van der Waals surface area contributed by atoms with E-state index in [0.29, 0.717) is 6.42 Å². The zero-order valence-corrected chi connectivity index (χ0v) is 83.7. The minimum Gasteiger partial charge on any atom is -0.394 e. The normalized spacial score (nSPS) is 40.5. The molecule has 802 valence electrons. The molecule has 7 saturated heterocycles. The van der Waals surface area contributed by atoms with Gasteiger partial charge in [-0.3, -0.25) is 0 Å². The predicted molar refractivity (Wildman–Crippen MR) is 495 cm³/mol. The molecule has 7 aliphatic rings. The van der Waals surface area contributed by atoms with Gasteiger partial charge in [-0.25, -0.2) is 0 Å². The van der Waals surface area contributed by atoms with Crippen LogP contribution < -0.4 is 37.2 Å². The van der Waals surface area contributed by atoms with Gasteiger partial charge in [-0.05, 0) is 177 Å². The lowest BCUT2D eigenvalue weighted by Crippen LogP contribution is -2.68. The van der Waals surface area contributed by atoms with Crippen molar-refractivity contribution in [3.8, 4) is 0 Å². The molecule has 0 saturated carbocycles. The summed E-state index contributed by atoms with van der Waals surface area (Å²) < 4.78 is 46.0. The van der Waals surface area contributed by atoms with Crippen LogP contribution in [0.4, 0.5) is 0 Å². The largest absolute Gasteiger partial charge is 0.394 e. The second kappa shape index (κ2) is 55.7. The minimum atomic E-state index is -1.70. The van der Waals surface area contributed by atoms with Crippen LogP contribution in [0, 0.1) is 76.9 Å². The van der Waals surface area contributed by atoms with Crippen molar-refractivity contribution in [3.63, 3.8) is 0 Å². The van der Waals surface area contributed by atoms with Gasteiger partial charge < -0.3 is 213 Å². The van der Waals surface area contributed by atoms with Crippen LogP contribution in [0.25, 0.3) is 0 Å². The monoisotopic (exact) mass is 1960 g/mol. The highest BCUT2D eigenvalue weighted by Gasteiger charge is 2.63. The molecule has 7 heterocycles. The summed E-state index contributed by atoms with van der Waals surface area (Å²) in [6, 6.07) is -6.60. The average molecular weight is 1960 g/mol. The average Bonchev–Trinajstić information content (AvgIpc) is 0.737. The summed E-state index contributed by atoms with van der Waals surface area (Å²) in [6.45, 7) is 23.6. The van der Waals surface area contributed by atoms with Crippen LogP contribution in [-0.4, -0.2) is 493 Å². The summed E-state index contributed by atoms with van der Waals surface area (Å²) in [5.41, 5.74) is -4.02. The van der Waals surface area contributed by atoms with Crippen LogP contribution in [0.5, 0.6) is 0 Å². The van der Waals surface area contributed by atoms with Crippen LogP contribution in [0.1, 0.15) is 162 Å². The van der Waals surface area contributed by atoms with Crippen molar-refractivity contribution in [3.05, 3.63) is 0 Å². The number of rotatable bonds is 47. The number of hydrogen-bond donors (Lipinski definition) is 35. The topological polar surface area (TPSA) is 715 Å². The highest BCUT2D eigenvalue weighted by atomic mass is 16.6. The van der Waals surface area contributed by atoms with Crippen LogP contribution in [0.3, 0.4) is 0 Å². The highest BCUT2D eigenvalue weighted by molar-refractivity contribution is 5.13. The first kappa shape index (κ1) is 124. The standard InChI is InChI=1S/C48H94N4O20.C37H73N3O15.C8H18/c1-19(2)30(22(31-20(3)69-43(35(51-9)41(31)67)37(63)26(59)15-53)11-47(5)13-24(57)33(49-7)45(71-47)39(65)28(61)17-55)23(32-21(4)70-44(36(52-10)42(32)68)38(64)27(60)16-54)12-48(6)14-25(58)34(50-8)46(72-48)40(66)29(62)18-56;1-15(2)18(9-19-16(3)53-34(27(39-7)29(19)48)30(49)22(45)12-41)20(25-17(4)54-35(28(40-8)33(25)52)31(50)23(46)13-42)10-37(5)11-21(44)26(38-6)36(55-37)32(51)24(47)14-43;1-5-8(6-2)7(3)4/h19-46,49-68H,11-18H2,1-10H3;15-36,38-52H,9-14H2,1-8H3;7-8H,5-6H2,1-4H3. The molecule has 50 atom stereocenters. The van der Waals surface area contributed by atoms with Gasteiger partial charge in [-0.2, -0.15) is 0 Å². The Hall–Kier alpha value is -1.68. The van der Waals surface area contributed by atoms with Crippen LogP contribution in [-0.2, 0) is 33.2 Å². The van der Waals surface area contributed by atoms with E-state index in [2.05, 4.69) is 64.9 Å². The van der Waals surface area contributed by atoms with Gasteiger partial charge in [-0.15, -0.1) is 0 Å². The molecule has 0 amide bonds. The maximum Gasteiger partial charge on any atom is 0.110 e. The summed E-state index contributed by atoms with van der Waals surface area (Å²) in [5, 5.41) is 326. The zero-order chi connectivity index (χ0) is 103. The molecule has 0 radical (unpaired) electrons. The Morgan fingerprint density at radius 3 is 0.726 bits per heavy atom. The van der Waals surface area contributed by atoms with E-state index in [1.165, 1.54) is 26.9 Å². The van der Waals surface area contributed by atoms with E-state index in [-0.39, 0.29) is 50.4 Å². The van der Waals surface area contributed by atoms with Gasteiger partial charge in [0.15, 0.2) is 0 Å². The fourth-order valence-electron chi connectivity index (χ4n) is 24.5. The van der Waals surface area contributed by atoms with Crippen LogP contribution >= 0.6 is 0 Å². The lowest BCUT2D eigenvalue weighted by molar-refractivity contribution is -0.252. The second-order valence-electron chi connectivity index (χ2n) is 41.8. The number of aliphatic hydroxyl groups is 28. The van der Waals surface area contributed by atoms with E-state index in [9.17, 15) is 143 Å². The first-order chi connectivity index (χ1) is 63.2. The molecule has 42 nitrogen and oxygen atoms in total. The van der Waals surface area contributed by atoms with Crippen molar-refractivity contribution in [2.24, 2.45) is 76.9 Å². The number of hydrogen-bond acceptors (Lipinski definition) is 42. The molecule has 7 rings (SSSR count). The molecule has 50 unspecified atom stereocenters. The molecule has 0 aliphatic carbocycles. The molecule has 0 aromatic heterocycles. The number of likely N-dealkylation sites (N-methyl/N-ethyl adjacent to an activating group) is 7. The van der Waals surface area contributed by atoms with E-state index in [1.54, 1.807) is 83.7 Å². The number of ether oxygens (including phenoxy) is 7. The van der Waals surface area contributed by atoms with Crippen molar-refractivity contribution >= 4 is 0 Å². The third-order valence-electron chi connectivity index (χ3n) is 31.7. The molecule has 7 aliphatic heterocycles. The predicted octanol–water partition coefficient (Wildman–Crippen LogP) is -9.10. The molecule has 0 aromatic carbocycles. The van der Waals surface area contributed by atoms with Crippen molar-refractivity contribution in [2.45, 2.75) is 416 Å². The number of aliphatic hydroxyl groups excluding tert-OH is 28. The molecular weight excluding hydrogens is 1780 g/mol. The molecule has 35 N–H and O–H groups in total. The molecule has 0 spiro atoms. The zero-order valence-electron chi connectivity index (χ0n) is 83.7. The van der Waals surface area contributed by atoms with Crippen molar-refractivity contribution in [2.75, 3.05) is 95.6 Å². The van der Waals surface area contributed by atoms with E-state index >= 15 is 0 Å². The van der Waals surface area contributed by atoms with Gasteiger partial charge in [0, 0.05) is 42.9 Å².